The van der Waals surface area contributed by atoms with Gasteiger partial charge in [-0.25, -0.2) is 22.5 Å². The molecular formula is C27H27N3O6S. The molecule has 1 atom stereocenters. The van der Waals surface area contributed by atoms with Gasteiger partial charge in [-0.15, -0.1) is 0 Å². The van der Waals surface area contributed by atoms with Gasteiger partial charge in [0.15, 0.2) is 6.61 Å². The van der Waals surface area contributed by atoms with Crippen molar-refractivity contribution in [3.63, 3.8) is 0 Å². The number of methoxy groups -OCH3 is 1. The molecule has 37 heavy (non-hydrogen) atoms. The second-order valence-corrected chi connectivity index (χ2v) is 10.6. The monoisotopic (exact) mass is 521 g/mol. The molecule has 0 bridgehead atoms. The second-order valence-electron chi connectivity index (χ2n) is 8.43. The molecule has 0 unspecified atom stereocenters. The molecule has 9 nitrogen and oxygen atoms in total. The Labute approximate surface area is 215 Å². The summed E-state index contributed by atoms with van der Waals surface area (Å²) >= 11 is 0. The first kappa shape index (κ1) is 25.9. The molecule has 192 valence electrons. The van der Waals surface area contributed by atoms with Crippen LogP contribution in [0.4, 0.5) is 0 Å². The Hall–Kier alpha value is -4.15. The van der Waals surface area contributed by atoms with Gasteiger partial charge in [0, 0.05) is 14.1 Å². The Balaban J connectivity index is 1.51. The van der Waals surface area contributed by atoms with Crippen LogP contribution in [0.3, 0.4) is 0 Å². The number of hydrazine groups is 1. The van der Waals surface area contributed by atoms with Crippen LogP contribution in [0.1, 0.15) is 27.5 Å². The summed E-state index contributed by atoms with van der Waals surface area (Å²) in [5.41, 5.74) is 5.62. The second kappa shape index (κ2) is 10.9. The molecule has 3 aromatic carbocycles. The first-order chi connectivity index (χ1) is 17.7. The van der Waals surface area contributed by atoms with Crippen molar-refractivity contribution in [2.24, 2.45) is 0 Å². The molecule has 3 aromatic rings. The molecule has 0 saturated heterocycles. The van der Waals surface area contributed by atoms with Crippen molar-refractivity contribution < 1.29 is 27.5 Å². The van der Waals surface area contributed by atoms with E-state index in [0.29, 0.717) is 5.75 Å². The number of amides is 1. The maximum atomic E-state index is 13.2. The highest BCUT2D eigenvalue weighted by Crippen LogP contribution is 2.32. The van der Waals surface area contributed by atoms with Crippen molar-refractivity contribution in [2.45, 2.75) is 10.9 Å². The third-order valence-corrected chi connectivity index (χ3v) is 7.64. The van der Waals surface area contributed by atoms with E-state index in [0.717, 1.165) is 21.1 Å². The van der Waals surface area contributed by atoms with E-state index < -0.39 is 34.5 Å². The predicted molar refractivity (Wildman–Crippen MR) is 138 cm³/mol. The lowest BCUT2D eigenvalue weighted by molar-refractivity contribution is -0.137. The van der Waals surface area contributed by atoms with Crippen LogP contribution >= 0.6 is 0 Å². The van der Waals surface area contributed by atoms with Gasteiger partial charge in [0.05, 0.1) is 29.3 Å². The highest BCUT2D eigenvalue weighted by atomic mass is 32.2. The number of benzene rings is 3. The molecule has 0 spiro atoms. The lowest BCUT2D eigenvalue weighted by Gasteiger charge is -2.25. The van der Waals surface area contributed by atoms with E-state index >= 15 is 0 Å². The van der Waals surface area contributed by atoms with Gasteiger partial charge in [0.1, 0.15) is 5.75 Å². The van der Waals surface area contributed by atoms with Gasteiger partial charge in [-0.1, -0.05) is 48.5 Å². The highest BCUT2D eigenvalue weighted by molar-refractivity contribution is 7.89. The first-order valence-electron chi connectivity index (χ1n) is 11.4. The van der Waals surface area contributed by atoms with Crippen molar-refractivity contribution in [3.8, 4) is 5.75 Å². The van der Waals surface area contributed by atoms with Crippen LogP contribution in [0.15, 0.2) is 89.8 Å². The van der Waals surface area contributed by atoms with Gasteiger partial charge in [-0.2, -0.15) is 0 Å². The van der Waals surface area contributed by atoms with Crippen LogP contribution in [-0.4, -0.2) is 57.4 Å². The van der Waals surface area contributed by atoms with Crippen molar-refractivity contribution in [2.75, 3.05) is 27.8 Å². The number of hydrogen-bond acceptors (Lipinski definition) is 7. The molecule has 0 saturated carbocycles. The van der Waals surface area contributed by atoms with Gasteiger partial charge in [0.2, 0.25) is 10.0 Å². The zero-order valence-corrected chi connectivity index (χ0v) is 21.4. The fourth-order valence-electron chi connectivity index (χ4n) is 3.79. The molecule has 1 N–H and O–H groups in total. The summed E-state index contributed by atoms with van der Waals surface area (Å²) in [4.78, 5) is 25.8. The Morgan fingerprint density at radius 1 is 0.973 bits per heavy atom. The number of carbonyl (C=O) groups excluding carboxylic acids is 2. The van der Waals surface area contributed by atoms with Crippen molar-refractivity contribution >= 4 is 27.6 Å². The zero-order valence-electron chi connectivity index (χ0n) is 20.6. The van der Waals surface area contributed by atoms with Crippen LogP contribution in [0.25, 0.3) is 5.70 Å². The Morgan fingerprint density at radius 2 is 1.68 bits per heavy atom. The fraction of sp³-hybridized carbons (Fsp3) is 0.185. The van der Waals surface area contributed by atoms with E-state index in [1.54, 1.807) is 19.2 Å². The number of hydrogen-bond donors (Lipinski definition) is 1. The summed E-state index contributed by atoms with van der Waals surface area (Å²) in [5, 5.41) is 1.41. The molecule has 0 aliphatic carbocycles. The van der Waals surface area contributed by atoms with Crippen molar-refractivity contribution in [1.82, 2.24) is 14.7 Å². The topological polar surface area (TPSA) is 105 Å². The Morgan fingerprint density at radius 3 is 2.32 bits per heavy atom. The minimum Gasteiger partial charge on any atom is -0.497 e. The van der Waals surface area contributed by atoms with E-state index in [2.05, 4.69) is 5.43 Å². The van der Waals surface area contributed by atoms with Gasteiger partial charge in [-0.05, 0) is 47.5 Å². The van der Waals surface area contributed by atoms with E-state index in [4.69, 9.17) is 9.47 Å². The number of nitrogens with one attached hydrogen (secondary N) is 1. The minimum atomic E-state index is -3.73. The Bertz CT molecular complexity index is 1420. The van der Waals surface area contributed by atoms with Crippen molar-refractivity contribution in [1.29, 1.82) is 0 Å². The fourth-order valence-corrected chi connectivity index (χ4v) is 4.73. The third-order valence-electron chi connectivity index (χ3n) is 5.83. The predicted octanol–water partition coefficient (Wildman–Crippen LogP) is 3.23. The smallest absolute Gasteiger partial charge is 0.338 e. The molecule has 4 rings (SSSR count). The average molecular weight is 522 g/mol. The van der Waals surface area contributed by atoms with Gasteiger partial charge < -0.3 is 9.47 Å². The Kier molecular flexibility index (Phi) is 7.61. The lowest BCUT2D eigenvalue weighted by Crippen LogP contribution is -2.42. The number of rotatable bonds is 8. The third kappa shape index (κ3) is 5.65. The molecule has 0 radical (unpaired) electrons. The largest absolute Gasteiger partial charge is 0.497 e. The summed E-state index contributed by atoms with van der Waals surface area (Å²) in [6.45, 7) is -0.543. The molecule has 1 amide bonds. The lowest BCUT2D eigenvalue weighted by atomic mass is 10.0. The SMILES string of the molecule is COc1ccc([C@H]2C=C(c3ccccc3)NN2C(=O)COC(=O)c2cccc(S(=O)(=O)N(C)C)c2)cc1. The molecular weight excluding hydrogens is 494 g/mol. The van der Waals surface area contributed by atoms with Crippen LogP contribution < -0.4 is 10.2 Å². The van der Waals surface area contributed by atoms with Crippen LogP contribution in [0.5, 0.6) is 5.75 Å². The van der Waals surface area contributed by atoms with Gasteiger partial charge >= 0.3 is 5.97 Å². The summed E-state index contributed by atoms with van der Waals surface area (Å²) < 4.78 is 36.4. The maximum Gasteiger partial charge on any atom is 0.338 e. The summed E-state index contributed by atoms with van der Waals surface area (Å²) in [7, 11) is 0.654. The van der Waals surface area contributed by atoms with E-state index in [1.807, 2.05) is 48.5 Å². The first-order valence-corrected chi connectivity index (χ1v) is 12.8. The van der Waals surface area contributed by atoms with Gasteiger partial charge in [-0.3, -0.25) is 10.2 Å². The van der Waals surface area contributed by atoms with Crippen molar-refractivity contribution in [3.05, 3.63) is 102 Å². The summed E-state index contributed by atoms with van der Waals surface area (Å²) in [6, 6.07) is 21.9. The molecule has 0 aromatic heterocycles. The normalized spacial score (nSPS) is 15.2. The molecule has 1 heterocycles. The zero-order chi connectivity index (χ0) is 26.6. The molecule has 1 aliphatic rings. The van der Waals surface area contributed by atoms with E-state index in [9.17, 15) is 18.0 Å². The minimum absolute atomic E-state index is 0.0277. The van der Waals surface area contributed by atoms with Crippen LogP contribution in [0.2, 0.25) is 0 Å². The number of nitrogens with zero attached hydrogens (tertiary/aromatic N) is 2. The maximum absolute atomic E-state index is 13.2. The number of ether oxygens (including phenoxy) is 2. The standard InChI is InChI=1S/C27H27N3O6S/c1-29(2)37(33,34)23-11-7-10-21(16-23)27(32)36-18-26(31)30-25(20-12-14-22(35-3)15-13-20)17-24(28-30)19-8-5-4-6-9-19/h4-17,25,28H,18H2,1-3H3/t25-/m1/s1. The van der Waals surface area contributed by atoms with Crippen LogP contribution in [0, 0.1) is 0 Å². The number of esters is 1. The van der Waals surface area contributed by atoms with E-state index in [1.165, 1.54) is 43.4 Å². The molecule has 0 fully saturated rings. The number of carbonyl (C=O) groups is 2. The molecule has 10 heteroatoms. The average Bonchev–Trinajstić information content (AvgIpc) is 3.38. The van der Waals surface area contributed by atoms with E-state index in [-0.39, 0.29) is 10.5 Å². The summed E-state index contributed by atoms with van der Waals surface area (Å²) in [5.74, 6) is -0.596. The molecule has 1 aliphatic heterocycles. The number of sulfonamides is 1. The van der Waals surface area contributed by atoms with Gasteiger partial charge in [0.25, 0.3) is 5.91 Å². The van der Waals surface area contributed by atoms with Crippen LogP contribution in [-0.2, 0) is 19.6 Å². The highest BCUT2D eigenvalue weighted by Gasteiger charge is 2.31. The quantitative estimate of drug-likeness (QED) is 0.454. The summed E-state index contributed by atoms with van der Waals surface area (Å²) in [6.07, 6.45) is 1.92.